The molecule has 0 atom stereocenters. The zero-order valence-electron chi connectivity index (χ0n) is 9.90. The van der Waals surface area contributed by atoms with Gasteiger partial charge in [-0.05, 0) is 12.1 Å². The molecule has 1 aliphatic rings. The smallest absolute Gasteiger partial charge is 0.246 e. The molecule has 1 saturated heterocycles. The van der Waals surface area contributed by atoms with Gasteiger partial charge in [-0.3, -0.25) is 0 Å². The summed E-state index contributed by atoms with van der Waals surface area (Å²) in [6.45, 7) is 0.989. The van der Waals surface area contributed by atoms with Crippen LogP contribution in [0.15, 0.2) is 17.0 Å². The monoisotopic (exact) mass is 327 g/mol. The van der Waals surface area contributed by atoms with Crippen LogP contribution in [0.2, 0.25) is 5.02 Å². The molecule has 4 nitrogen and oxygen atoms in total. The number of halogens is 3. The van der Waals surface area contributed by atoms with Crippen LogP contribution < -0.4 is 0 Å². The van der Waals surface area contributed by atoms with Crippen molar-refractivity contribution in [3.05, 3.63) is 28.5 Å². The molecule has 0 amide bonds. The molecule has 0 unspecified atom stereocenters. The quantitative estimate of drug-likeness (QED) is 0.800. The minimum absolute atomic E-state index is 0.0704. The van der Waals surface area contributed by atoms with E-state index in [0.717, 1.165) is 6.07 Å². The highest BCUT2D eigenvalue weighted by Crippen LogP contribution is 2.27. The zero-order chi connectivity index (χ0) is 14.0. The van der Waals surface area contributed by atoms with Crippen LogP contribution in [0, 0.1) is 5.82 Å². The minimum atomic E-state index is -3.91. The summed E-state index contributed by atoms with van der Waals surface area (Å²) < 4.78 is 45.1. The Kier molecular flexibility index (Phi) is 4.68. The van der Waals surface area contributed by atoms with Gasteiger partial charge in [-0.15, -0.1) is 11.6 Å². The van der Waals surface area contributed by atoms with E-state index in [2.05, 4.69) is 0 Å². The molecule has 0 saturated carbocycles. The van der Waals surface area contributed by atoms with Crippen LogP contribution in [0.25, 0.3) is 0 Å². The number of morpholine rings is 1. The maximum absolute atomic E-state index is 14.1. The molecule has 1 heterocycles. The van der Waals surface area contributed by atoms with E-state index in [4.69, 9.17) is 27.9 Å². The van der Waals surface area contributed by atoms with Gasteiger partial charge in [-0.2, -0.15) is 4.31 Å². The maximum Gasteiger partial charge on any atom is 0.246 e. The first-order valence-corrected chi connectivity index (χ1v) is 7.94. The second-order valence-electron chi connectivity index (χ2n) is 4.03. The number of ether oxygens (including phenoxy) is 1. The van der Waals surface area contributed by atoms with Gasteiger partial charge in [0.1, 0.15) is 10.7 Å². The second kappa shape index (κ2) is 5.93. The van der Waals surface area contributed by atoms with Gasteiger partial charge < -0.3 is 4.74 Å². The van der Waals surface area contributed by atoms with Crippen LogP contribution in [0.5, 0.6) is 0 Å². The average molecular weight is 328 g/mol. The molecule has 1 aromatic carbocycles. The second-order valence-corrected chi connectivity index (χ2v) is 6.64. The summed E-state index contributed by atoms with van der Waals surface area (Å²) in [6, 6.07) is 2.43. The Morgan fingerprint density at radius 1 is 1.32 bits per heavy atom. The van der Waals surface area contributed by atoms with Gasteiger partial charge in [0.15, 0.2) is 0 Å². The standard InChI is InChI=1S/C11H12Cl2FNO3S/c12-7-8-5-9(13)6-10(11(8)14)19(16,17)15-1-3-18-4-2-15/h5-6H,1-4,7H2. The van der Waals surface area contributed by atoms with Crippen molar-refractivity contribution in [2.45, 2.75) is 10.8 Å². The van der Waals surface area contributed by atoms with Crippen LogP contribution in [0.1, 0.15) is 5.56 Å². The lowest BCUT2D eigenvalue weighted by Crippen LogP contribution is -2.41. The van der Waals surface area contributed by atoms with Crippen molar-refractivity contribution in [3.63, 3.8) is 0 Å². The van der Waals surface area contributed by atoms with E-state index in [-0.39, 0.29) is 29.6 Å². The van der Waals surface area contributed by atoms with Crippen LogP contribution in [0.4, 0.5) is 4.39 Å². The summed E-state index contributed by atoms with van der Waals surface area (Å²) in [5.74, 6) is -0.983. The van der Waals surface area contributed by atoms with Gasteiger partial charge in [-0.1, -0.05) is 11.6 Å². The number of sulfonamides is 1. The van der Waals surface area contributed by atoms with Crippen molar-refractivity contribution in [1.29, 1.82) is 0 Å². The summed E-state index contributed by atoms with van der Waals surface area (Å²) in [5.41, 5.74) is 0.0704. The third kappa shape index (κ3) is 3.03. The summed E-state index contributed by atoms with van der Waals surface area (Å²) in [5, 5.41) is 0.142. The lowest BCUT2D eigenvalue weighted by molar-refractivity contribution is 0.0729. The molecule has 1 fully saturated rings. The van der Waals surface area contributed by atoms with Crippen molar-refractivity contribution < 1.29 is 17.5 Å². The number of rotatable bonds is 3. The van der Waals surface area contributed by atoms with Gasteiger partial charge in [-0.25, -0.2) is 12.8 Å². The van der Waals surface area contributed by atoms with Crippen LogP contribution in [-0.4, -0.2) is 39.0 Å². The number of hydrogen-bond acceptors (Lipinski definition) is 3. The fourth-order valence-electron chi connectivity index (χ4n) is 1.83. The fraction of sp³-hybridized carbons (Fsp3) is 0.455. The van der Waals surface area contributed by atoms with E-state index in [1.165, 1.54) is 10.4 Å². The first kappa shape index (κ1) is 15.0. The van der Waals surface area contributed by atoms with Crippen molar-refractivity contribution in [2.24, 2.45) is 0 Å². The molecule has 106 valence electrons. The lowest BCUT2D eigenvalue weighted by atomic mass is 10.2. The summed E-state index contributed by atoms with van der Waals surface area (Å²) >= 11 is 11.4. The molecule has 0 aromatic heterocycles. The van der Waals surface area contributed by atoms with Crippen molar-refractivity contribution in [1.82, 2.24) is 4.31 Å². The minimum Gasteiger partial charge on any atom is -0.379 e. The molecule has 0 bridgehead atoms. The van der Waals surface area contributed by atoms with Gasteiger partial charge in [0, 0.05) is 23.7 Å². The highest BCUT2D eigenvalue weighted by atomic mass is 35.5. The number of benzene rings is 1. The summed E-state index contributed by atoms with van der Waals surface area (Å²) in [6.07, 6.45) is 0. The predicted molar refractivity (Wildman–Crippen MR) is 70.5 cm³/mol. The summed E-state index contributed by atoms with van der Waals surface area (Å²) in [4.78, 5) is -0.433. The maximum atomic E-state index is 14.1. The van der Waals surface area contributed by atoms with E-state index in [0.29, 0.717) is 13.2 Å². The van der Waals surface area contributed by atoms with Gasteiger partial charge >= 0.3 is 0 Å². The molecule has 1 aliphatic heterocycles. The largest absolute Gasteiger partial charge is 0.379 e. The molecule has 1 aromatic rings. The third-order valence-corrected chi connectivity index (χ3v) is 5.22. The van der Waals surface area contributed by atoms with Crippen molar-refractivity contribution in [2.75, 3.05) is 26.3 Å². The molecule has 0 N–H and O–H groups in total. The van der Waals surface area contributed by atoms with E-state index >= 15 is 0 Å². The number of alkyl halides is 1. The Morgan fingerprint density at radius 3 is 2.53 bits per heavy atom. The molecular formula is C11H12Cl2FNO3S. The Morgan fingerprint density at radius 2 is 1.95 bits per heavy atom. The number of nitrogens with zero attached hydrogens (tertiary/aromatic N) is 1. The van der Waals surface area contributed by atoms with Crippen LogP contribution in [0.3, 0.4) is 0 Å². The molecule has 19 heavy (non-hydrogen) atoms. The van der Waals surface area contributed by atoms with Crippen molar-refractivity contribution in [3.8, 4) is 0 Å². The Hall–Kier alpha value is -0.400. The van der Waals surface area contributed by atoms with Crippen LogP contribution in [-0.2, 0) is 20.6 Å². The highest BCUT2D eigenvalue weighted by molar-refractivity contribution is 7.89. The van der Waals surface area contributed by atoms with Crippen molar-refractivity contribution >= 4 is 33.2 Å². The zero-order valence-corrected chi connectivity index (χ0v) is 12.2. The van der Waals surface area contributed by atoms with Gasteiger partial charge in [0.2, 0.25) is 10.0 Å². The Balaban J connectivity index is 2.47. The first-order valence-electron chi connectivity index (χ1n) is 5.58. The Labute approximate surface area is 121 Å². The molecule has 0 radical (unpaired) electrons. The molecular weight excluding hydrogens is 316 g/mol. The van der Waals surface area contributed by atoms with E-state index in [1.54, 1.807) is 0 Å². The average Bonchev–Trinajstić information content (AvgIpc) is 2.41. The van der Waals surface area contributed by atoms with E-state index in [9.17, 15) is 12.8 Å². The molecule has 2 rings (SSSR count). The first-order chi connectivity index (χ1) is 8.96. The number of hydrogen-bond donors (Lipinski definition) is 0. The highest BCUT2D eigenvalue weighted by Gasteiger charge is 2.30. The predicted octanol–water partition coefficient (Wildman–Crippen LogP) is 2.24. The van der Waals surface area contributed by atoms with Crippen LogP contribution >= 0.6 is 23.2 Å². The SMILES string of the molecule is O=S(=O)(c1cc(Cl)cc(CCl)c1F)N1CCOCC1. The van der Waals surface area contributed by atoms with Gasteiger partial charge in [0.05, 0.1) is 19.1 Å². The van der Waals surface area contributed by atoms with E-state index < -0.39 is 20.7 Å². The molecule has 8 heteroatoms. The van der Waals surface area contributed by atoms with E-state index in [1.807, 2.05) is 0 Å². The van der Waals surface area contributed by atoms with Gasteiger partial charge in [0.25, 0.3) is 0 Å². The summed E-state index contributed by atoms with van der Waals surface area (Å²) in [7, 11) is -3.91. The lowest BCUT2D eigenvalue weighted by Gasteiger charge is -2.26. The normalized spacial score (nSPS) is 17.6. The Bertz CT molecular complexity index is 574. The topological polar surface area (TPSA) is 46.6 Å². The third-order valence-electron chi connectivity index (χ3n) is 2.81. The molecule has 0 spiro atoms. The molecule has 0 aliphatic carbocycles. The fourth-order valence-corrected chi connectivity index (χ4v) is 3.87.